The lowest BCUT2D eigenvalue weighted by Crippen LogP contribution is -2.44. The highest BCUT2D eigenvalue weighted by atomic mass is 79.9. The topological polar surface area (TPSA) is 24.1 Å². The molecule has 0 aromatic heterocycles. The monoisotopic (exact) mass is 332 g/mol. The highest BCUT2D eigenvalue weighted by molar-refractivity contribution is 9.10. The molecule has 0 saturated carbocycles. The normalized spacial score (nSPS) is 13.7. The van der Waals surface area contributed by atoms with Crippen LogP contribution >= 0.6 is 27.5 Å². The van der Waals surface area contributed by atoms with Gasteiger partial charge in [-0.25, -0.2) is 0 Å². The lowest BCUT2D eigenvalue weighted by Gasteiger charge is -2.24. The minimum atomic E-state index is 0.163. The van der Waals surface area contributed by atoms with Gasteiger partial charge in [-0.15, -0.1) is 0 Å². The van der Waals surface area contributed by atoms with Crippen LogP contribution in [0.3, 0.4) is 0 Å². The summed E-state index contributed by atoms with van der Waals surface area (Å²) in [6.07, 6.45) is 0. The fraction of sp³-hybridized carbons (Fsp3) is 0.571. The number of hydrogen-bond acceptors (Lipinski definition) is 2. The number of nitrogens with one attached hydrogen (secondary N) is 2. The molecule has 0 aliphatic heterocycles. The maximum absolute atomic E-state index is 5.92. The Morgan fingerprint density at radius 3 is 2.56 bits per heavy atom. The smallest absolute Gasteiger partial charge is 0.0417 e. The Bertz CT molecular complexity index is 388. The molecule has 2 nitrogen and oxygen atoms in total. The quantitative estimate of drug-likeness (QED) is 0.852. The molecule has 1 unspecified atom stereocenters. The molecule has 0 amide bonds. The standard InChI is InChI=1S/C14H22BrClN2/c1-10(8-18-14(2,3)4)17-9-11-5-6-12(16)7-13(11)15/h5-7,10,17-18H,8-9H2,1-4H3. The Morgan fingerprint density at radius 2 is 2.00 bits per heavy atom. The predicted octanol–water partition coefficient (Wildman–Crippen LogP) is 3.97. The second kappa shape index (κ2) is 6.90. The summed E-state index contributed by atoms with van der Waals surface area (Å²) in [6, 6.07) is 6.31. The van der Waals surface area contributed by atoms with E-state index in [0.29, 0.717) is 6.04 Å². The van der Waals surface area contributed by atoms with Gasteiger partial charge < -0.3 is 10.6 Å². The zero-order chi connectivity index (χ0) is 13.8. The Kier molecular flexibility index (Phi) is 6.12. The summed E-state index contributed by atoms with van der Waals surface area (Å²) in [6.45, 7) is 10.5. The molecule has 0 heterocycles. The van der Waals surface area contributed by atoms with E-state index in [1.807, 2.05) is 18.2 Å². The van der Waals surface area contributed by atoms with Gasteiger partial charge in [0.1, 0.15) is 0 Å². The van der Waals surface area contributed by atoms with Crippen molar-refractivity contribution in [1.82, 2.24) is 10.6 Å². The van der Waals surface area contributed by atoms with E-state index in [2.05, 4.69) is 54.3 Å². The van der Waals surface area contributed by atoms with Crippen LogP contribution in [0, 0.1) is 0 Å². The summed E-state index contributed by atoms with van der Waals surface area (Å²) in [5.74, 6) is 0. The minimum Gasteiger partial charge on any atom is -0.311 e. The van der Waals surface area contributed by atoms with Gasteiger partial charge >= 0.3 is 0 Å². The van der Waals surface area contributed by atoms with E-state index in [-0.39, 0.29) is 5.54 Å². The van der Waals surface area contributed by atoms with Crippen LogP contribution in [0.2, 0.25) is 5.02 Å². The number of halogens is 2. The van der Waals surface area contributed by atoms with Gasteiger partial charge in [-0.1, -0.05) is 33.6 Å². The minimum absolute atomic E-state index is 0.163. The maximum atomic E-state index is 5.92. The molecule has 1 rings (SSSR count). The number of rotatable bonds is 5. The molecule has 0 aliphatic carbocycles. The first kappa shape index (κ1) is 16.0. The molecule has 1 aromatic rings. The van der Waals surface area contributed by atoms with Gasteiger partial charge in [-0.3, -0.25) is 0 Å². The molecule has 0 radical (unpaired) electrons. The first-order valence-corrected chi connectivity index (χ1v) is 7.37. The molecule has 0 aliphatic rings. The lowest BCUT2D eigenvalue weighted by atomic mass is 10.1. The predicted molar refractivity (Wildman–Crippen MR) is 83.2 cm³/mol. The molecule has 1 aromatic carbocycles. The van der Waals surface area contributed by atoms with Crippen molar-refractivity contribution in [2.75, 3.05) is 6.54 Å². The second-order valence-corrected chi connectivity index (χ2v) is 6.94. The molecule has 1 atom stereocenters. The summed E-state index contributed by atoms with van der Waals surface area (Å²) in [5, 5.41) is 7.74. The molecule has 0 fully saturated rings. The van der Waals surface area contributed by atoms with Crippen LogP contribution in [0.5, 0.6) is 0 Å². The van der Waals surface area contributed by atoms with E-state index in [9.17, 15) is 0 Å². The second-order valence-electron chi connectivity index (χ2n) is 5.65. The van der Waals surface area contributed by atoms with E-state index >= 15 is 0 Å². The lowest BCUT2D eigenvalue weighted by molar-refractivity contribution is 0.387. The SMILES string of the molecule is CC(CNC(C)(C)C)NCc1ccc(Cl)cc1Br. The Balaban J connectivity index is 2.40. The molecule has 4 heteroatoms. The third-order valence-corrected chi connectivity index (χ3v) is 3.57. The number of benzene rings is 1. The summed E-state index contributed by atoms with van der Waals surface area (Å²) < 4.78 is 1.05. The third kappa shape index (κ3) is 6.19. The molecule has 102 valence electrons. The maximum Gasteiger partial charge on any atom is 0.0417 e. The van der Waals surface area contributed by atoms with Crippen molar-refractivity contribution in [3.05, 3.63) is 33.3 Å². The Morgan fingerprint density at radius 1 is 1.33 bits per heavy atom. The average molecular weight is 334 g/mol. The molecule has 0 spiro atoms. The van der Waals surface area contributed by atoms with Crippen LogP contribution in [-0.2, 0) is 6.54 Å². The first-order valence-electron chi connectivity index (χ1n) is 6.20. The van der Waals surface area contributed by atoms with Gasteiger partial charge in [0.25, 0.3) is 0 Å². The van der Waals surface area contributed by atoms with Crippen molar-refractivity contribution in [2.45, 2.75) is 45.8 Å². The van der Waals surface area contributed by atoms with Crippen molar-refractivity contribution in [1.29, 1.82) is 0 Å². The zero-order valence-electron chi connectivity index (χ0n) is 11.5. The molecule has 0 bridgehead atoms. The summed E-state index contributed by atoms with van der Waals surface area (Å²) in [7, 11) is 0. The highest BCUT2D eigenvalue weighted by Gasteiger charge is 2.11. The Hall–Kier alpha value is -0.0900. The molecular formula is C14H22BrClN2. The molecule has 0 saturated heterocycles. The first-order chi connectivity index (χ1) is 8.28. The zero-order valence-corrected chi connectivity index (χ0v) is 13.8. The molecule has 18 heavy (non-hydrogen) atoms. The van der Waals surface area contributed by atoms with E-state index < -0.39 is 0 Å². The van der Waals surface area contributed by atoms with Gasteiger partial charge in [-0.05, 0) is 45.4 Å². The van der Waals surface area contributed by atoms with E-state index in [1.165, 1.54) is 5.56 Å². The van der Waals surface area contributed by atoms with Gasteiger partial charge in [-0.2, -0.15) is 0 Å². The van der Waals surface area contributed by atoms with Gasteiger partial charge in [0.15, 0.2) is 0 Å². The van der Waals surface area contributed by atoms with Crippen molar-refractivity contribution < 1.29 is 0 Å². The summed E-state index contributed by atoms with van der Waals surface area (Å²) in [4.78, 5) is 0. The molecule has 2 N–H and O–H groups in total. The van der Waals surface area contributed by atoms with Gasteiger partial charge in [0, 0.05) is 34.2 Å². The Labute approximate surface area is 124 Å². The van der Waals surface area contributed by atoms with Crippen molar-refractivity contribution in [3.8, 4) is 0 Å². The van der Waals surface area contributed by atoms with E-state index in [0.717, 1.165) is 22.6 Å². The van der Waals surface area contributed by atoms with Crippen LogP contribution in [0.25, 0.3) is 0 Å². The fourth-order valence-electron chi connectivity index (χ4n) is 1.48. The fourth-order valence-corrected chi connectivity index (χ4v) is 2.30. The largest absolute Gasteiger partial charge is 0.311 e. The third-order valence-electron chi connectivity index (χ3n) is 2.59. The van der Waals surface area contributed by atoms with Gasteiger partial charge in [0.05, 0.1) is 0 Å². The number of hydrogen-bond donors (Lipinski definition) is 2. The van der Waals surface area contributed by atoms with Crippen LogP contribution in [0.1, 0.15) is 33.3 Å². The van der Waals surface area contributed by atoms with Crippen molar-refractivity contribution >= 4 is 27.5 Å². The van der Waals surface area contributed by atoms with Crippen LogP contribution in [0.15, 0.2) is 22.7 Å². The summed E-state index contributed by atoms with van der Waals surface area (Å²) >= 11 is 9.45. The summed E-state index contributed by atoms with van der Waals surface area (Å²) in [5.41, 5.74) is 1.39. The van der Waals surface area contributed by atoms with E-state index in [1.54, 1.807) is 0 Å². The molecular weight excluding hydrogens is 312 g/mol. The van der Waals surface area contributed by atoms with Crippen molar-refractivity contribution in [3.63, 3.8) is 0 Å². The van der Waals surface area contributed by atoms with Gasteiger partial charge in [0.2, 0.25) is 0 Å². The van der Waals surface area contributed by atoms with Crippen LogP contribution in [-0.4, -0.2) is 18.1 Å². The van der Waals surface area contributed by atoms with Crippen LogP contribution in [0.4, 0.5) is 0 Å². The van der Waals surface area contributed by atoms with E-state index in [4.69, 9.17) is 11.6 Å². The average Bonchev–Trinajstić information content (AvgIpc) is 2.24. The highest BCUT2D eigenvalue weighted by Crippen LogP contribution is 2.21. The van der Waals surface area contributed by atoms with Crippen LogP contribution < -0.4 is 10.6 Å². The van der Waals surface area contributed by atoms with Crippen molar-refractivity contribution in [2.24, 2.45) is 0 Å².